The van der Waals surface area contributed by atoms with Crippen molar-refractivity contribution in [2.75, 3.05) is 0 Å². The number of aromatic nitrogens is 2. The van der Waals surface area contributed by atoms with Crippen LogP contribution in [0, 0.1) is 0 Å². The van der Waals surface area contributed by atoms with Gasteiger partial charge in [0.2, 0.25) is 0 Å². The quantitative estimate of drug-likeness (QED) is 0.464. The van der Waals surface area contributed by atoms with E-state index in [4.69, 9.17) is 0 Å². The molecule has 0 radical (unpaired) electrons. The van der Waals surface area contributed by atoms with Crippen molar-refractivity contribution in [1.82, 2.24) is 9.97 Å². The van der Waals surface area contributed by atoms with E-state index in [0.29, 0.717) is 16.3 Å². The van der Waals surface area contributed by atoms with Crippen molar-refractivity contribution in [1.29, 1.82) is 0 Å². The number of thioether (sulfide) groups is 1. The van der Waals surface area contributed by atoms with E-state index in [-0.39, 0.29) is 0 Å². The van der Waals surface area contributed by atoms with Crippen LogP contribution in [0.25, 0.3) is 11.1 Å². The summed E-state index contributed by atoms with van der Waals surface area (Å²) in [5.74, 6) is 0.740. The van der Waals surface area contributed by atoms with E-state index < -0.39 is 11.7 Å². The molecule has 0 saturated heterocycles. The van der Waals surface area contributed by atoms with E-state index >= 15 is 0 Å². The summed E-state index contributed by atoms with van der Waals surface area (Å²) < 4.78 is 38.3. The normalized spacial score (nSPS) is 11.5. The van der Waals surface area contributed by atoms with E-state index in [9.17, 15) is 13.2 Å². The number of hydrogen-bond donors (Lipinski definition) is 0. The van der Waals surface area contributed by atoms with Gasteiger partial charge in [-0.3, -0.25) is 0 Å². The zero-order chi connectivity index (χ0) is 17.0. The largest absolute Gasteiger partial charge is 0.416 e. The Morgan fingerprint density at radius 2 is 1.54 bits per heavy atom. The lowest BCUT2D eigenvalue weighted by Crippen LogP contribution is -2.04. The molecule has 1 aromatic heterocycles. The molecule has 0 bridgehead atoms. The monoisotopic (exact) mass is 346 g/mol. The average Bonchev–Trinajstić information content (AvgIpc) is 2.61. The predicted molar refractivity (Wildman–Crippen MR) is 88.5 cm³/mol. The maximum Gasteiger partial charge on any atom is 0.416 e. The summed E-state index contributed by atoms with van der Waals surface area (Å²) in [7, 11) is 0. The van der Waals surface area contributed by atoms with Crippen molar-refractivity contribution in [3.05, 3.63) is 78.1 Å². The summed E-state index contributed by atoms with van der Waals surface area (Å²) >= 11 is 1.48. The van der Waals surface area contributed by atoms with E-state index in [1.54, 1.807) is 18.5 Å². The zero-order valence-corrected chi connectivity index (χ0v) is 13.3. The molecule has 24 heavy (non-hydrogen) atoms. The van der Waals surface area contributed by atoms with Gasteiger partial charge in [0.25, 0.3) is 0 Å². The predicted octanol–water partition coefficient (Wildman–Crippen LogP) is 5.45. The minimum Gasteiger partial charge on any atom is -0.230 e. The van der Waals surface area contributed by atoms with Crippen molar-refractivity contribution in [3.63, 3.8) is 0 Å². The fourth-order valence-electron chi connectivity index (χ4n) is 2.14. The molecular weight excluding hydrogens is 333 g/mol. The molecule has 3 rings (SSSR count). The first kappa shape index (κ1) is 16.5. The third-order valence-electron chi connectivity index (χ3n) is 3.36. The Hall–Kier alpha value is -2.34. The fraction of sp³-hybridized carbons (Fsp3) is 0.111. The molecule has 0 fully saturated rings. The first-order valence-electron chi connectivity index (χ1n) is 7.19. The number of rotatable bonds is 4. The molecule has 0 N–H and O–H groups in total. The molecule has 0 atom stereocenters. The molecule has 1 heterocycles. The molecule has 0 aliphatic carbocycles. The second kappa shape index (κ2) is 7.05. The summed E-state index contributed by atoms with van der Waals surface area (Å²) in [5, 5.41) is 0.592. The summed E-state index contributed by atoms with van der Waals surface area (Å²) in [4.78, 5) is 8.47. The molecule has 2 aromatic carbocycles. The molecule has 0 aliphatic rings. The molecule has 0 amide bonds. The van der Waals surface area contributed by atoms with Gasteiger partial charge in [0.05, 0.1) is 5.56 Å². The van der Waals surface area contributed by atoms with Crippen LogP contribution in [-0.4, -0.2) is 9.97 Å². The first-order chi connectivity index (χ1) is 11.5. The Bertz CT molecular complexity index is 802. The average molecular weight is 346 g/mol. The molecule has 0 saturated carbocycles. The van der Waals surface area contributed by atoms with Crippen LogP contribution in [0.5, 0.6) is 0 Å². The van der Waals surface area contributed by atoms with Crippen molar-refractivity contribution in [3.8, 4) is 11.1 Å². The first-order valence-corrected chi connectivity index (χ1v) is 8.17. The van der Waals surface area contributed by atoms with Crippen molar-refractivity contribution in [2.45, 2.75) is 17.1 Å². The molecule has 6 heteroatoms. The lowest BCUT2D eigenvalue weighted by Gasteiger charge is -2.08. The van der Waals surface area contributed by atoms with Crippen LogP contribution in [0.2, 0.25) is 0 Å². The van der Waals surface area contributed by atoms with Gasteiger partial charge in [-0.25, -0.2) is 9.97 Å². The number of benzene rings is 2. The summed E-state index contributed by atoms with van der Waals surface area (Å²) in [6.45, 7) is 0. The van der Waals surface area contributed by atoms with Crippen LogP contribution < -0.4 is 0 Å². The molecule has 0 unspecified atom stereocenters. The molecule has 122 valence electrons. The van der Waals surface area contributed by atoms with E-state index in [0.717, 1.165) is 23.4 Å². The Labute approximate surface area is 141 Å². The second-order valence-corrected chi connectivity index (χ2v) is 6.05. The topological polar surface area (TPSA) is 25.8 Å². The molecule has 3 aromatic rings. The van der Waals surface area contributed by atoms with Crippen LogP contribution >= 0.6 is 11.8 Å². The third kappa shape index (κ3) is 4.14. The smallest absolute Gasteiger partial charge is 0.230 e. The molecule has 2 nitrogen and oxygen atoms in total. The van der Waals surface area contributed by atoms with Crippen molar-refractivity contribution >= 4 is 11.8 Å². The highest BCUT2D eigenvalue weighted by Crippen LogP contribution is 2.32. The standard InChI is InChI=1S/C18H13F3N2S/c19-18(20,21)16-8-4-7-14(9-16)15-10-22-17(23-11-15)24-12-13-5-2-1-3-6-13/h1-11H,12H2. The summed E-state index contributed by atoms with van der Waals surface area (Å²) in [5.41, 5.74) is 1.49. The lowest BCUT2D eigenvalue weighted by atomic mass is 10.1. The highest BCUT2D eigenvalue weighted by Gasteiger charge is 2.30. The zero-order valence-electron chi connectivity index (χ0n) is 12.5. The van der Waals surface area contributed by atoms with Gasteiger partial charge >= 0.3 is 6.18 Å². The van der Waals surface area contributed by atoms with Crippen LogP contribution in [0.3, 0.4) is 0 Å². The van der Waals surface area contributed by atoms with E-state index in [1.807, 2.05) is 30.3 Å². The molecule has 0 aliphatic heterocycles. The maximum atomic E-state index is 12.8. The van der Waals surface area contributed by atoms with Gasteiger partial charge in [0.1, 0.15) is 0 Å². The Balaban J connectivity index is 1.73. The fourth-order valence-corrected chi connectivity index (χ4v) is 2.88. The maximum absolute atomic E-state index is 12.8. The van der Waals surface area contributed by atoms with Gasteiger partial charge in [-0.1, -0.05) is 54.2 Å². The highest BCUT2D eigenvalue weighted by atomic mass is 32.2. The number of nitrogens with zero attached hydrogens (tertiary/aromatic N) is 2. The lowest BCUT2D eigenvalue weighted by molar-refractivity contribution is -0.137. The van der Waals surface area contributed by atoms with Crippen molar-refractivity contribution in [2.24, 2.45) is 0 Å². The second-order valence-electron chi connectivity index (χ2n) is 5.11. The Morgan fingerprint density at radius 1 is 0.833 bits per heavy atom. The summed E-state index contributed by atoms with van der Waals surface area (Å²) in [6.07, 6.45) is -1.26. The minimum absolute atomic E-state index is 0.449. The van der Waals surface area contributed by atoms with Gasteiger partial charge in [0.15, 0.2) is 5.16 Å². The SMILES string of the molecule is FC(F)(F)c1cccc(-c2cnc(SCc3ccccc3)nc2)c1. The van der Waals surface area contributed by atoms with Crippen molar-refractivity contribution < 1.29 is 13.2 Å². The number of alkyl halides is 3. The molecule has 0 spiro atoms. The highest BCUT2D eigenvalue weighted by molar-refractivity contribution is 7.98. The van der Waals surface area contributed by atoms with Crippen LogP contribution in [0.15, 0.2) is 72.1 Å². The van der Waals surface area contributed by atoms with E-state index in [1.165, 1.54) is 17.8 Å². The van der Waals surface area contributed by atoms with E-state index in [2.05, 4.69) is 9.97 Å². The van der Waals surface area contributed by atoms with Gasteiger partial charge in [-0.15, -0.1) is 0 Å². The summed E-state index contributed by atoms with van der Waals surface area (Å²) in [6, 6.07) is 15.1. The van der Waals surface area contributed by atoms with Gasteiger partial charge in [-0.05, 0) is 23.3 Å². The Kier molecular flexibility index (Phi) is 4.85. The number of halogens is 3. The number of hydrogen-bond acceptors (Lipinski definition) is 3. The third-order valence-corrected chi connectivity index (χ3v) is 4.31. The van der Waals surface area contributed by atoms with Crippen LogP contribution in [-0.2, 0) is 11.9 Å². The molecular formula is C18H13F3N2S. The Morgan fingerprint density at radius 3 is 2.21 bits per heavy atom. The van der Waals surface area contributed by atoms with Gasteiger partial charge in [-0.2, -0.15) is 13.2 Å². The van der Waals surface area contributed by atoms with Crippen LogP contribution in [0.1, 0.15) is 11.1 Å². The van der Waals surface area contributed by atoms with Gasteiger partial charge < -0.3 is 0 Å². The van der Waals surface area contributed by atoms with Crippen LogP contribution in [0.4, 0.5) is 13.2 Å². The van der Waals surface area contributed by atoms with Gasteiger partial charge in [0, 0.05) is 23.7 Å². The minimum atomic E-state index is -4.36.